The van der Waals surface area contributed by atoms with Crippen LogP contribution in [0.2, 0.25) is 0 Å². The van der Waals surface area contributed by atoms with Crippen LogP contribution in [0.3, 0.4) is 0 Å². The number of carbonyl (C=O) groups excluding carboxylic acids is 2. The van der Waals surface area contributed by atoms with E-state index < -0.39 is 5.66 Å². The third kappa shape index (κ3) is 8.71. The lowest BCUT2D eigenvalue weighted by Crippen LogP contribution is -2.49. The van der Waals surface area contributed by atoms with E-state index in [2.05, 4.69) is 75.9 Å². The summed E-state index contributed by atoms with van der Waals surface area (Å²) in [5.74, 6) is 0.779. The Morgan fingerprint density at radius 2 is 1.76 bits per heavy atom. The first-order chi connectivity index (χ1) is 21.4. The number of unbranched alkanes of at least 4 members (excludes halogenated alkanes) is 1. The number of Topliss-reactive ketones (excluding diaryl/α,β-unsaturated/α-hetero) is 1. The molecule has 1 aliphatic carbocycles. The lowest BCUT2D eigenvalue weighted by atomic mass is 9.83. The van der Waals surface area contributed by atoms with Gasteiger partial charge in [-0.1, -0.05) is 103 Å². The zero-order valence-electron chi connectivity index (χ0n) is 28.6. The summed E-state index contributed by atoms with van der Waals surface area (Å²) in [4.78, 5) is 35.6. The first-order valence-electron chi connectivity index (χ1n) is 17.4. The molecule has 3 N–H and O–H groups in total. The molecule has 2 aromatic rings. The molecule has 4 rings (SSSR count). The molecule has 1 fully saturated rings. The van der Waals surface area contributed by atoms with Crippen LogP contribution in [0.15, 0.2) is 53.5 Å². The zero-order valence-corrected chi connectivity index (χ0v) is 28.6. The van der Waals surface area contributed by atoms with Gasteiger partial charge >= 0.3 is 0 Å². The van der Waals surface area contributed by atoms with Crippen molar-refractivity contribution >= 4 is 23.2 Å². The molecule has 0 spiro atoms. The number of hydrogen-bond acceptors (Lipinski definition) is 4. The number of benzene rings is 2. The zero-order chi connectivity index (χ0) is 32.8. The van der Waals surface area contributed by atoms with Crippen molar-refractivity contribution in [1.82, 2.24) is 4.90 Å². The minimum atomic E-state index is -0.609. The standard InChI is InChI=1S/C39H56N4O2/c1-7-9-15-33(29-19-21-30(22-20-29)36(44)27(3)12-10-16-34(40)41)43-37(45)35(32-14-11-13-31(26-32)28-17-18-28)42-39(43,23-8-2)25-24-38(4,5)6/h11,13-14,19-22,26-28,33H,7-10,12,15-18,23-25H2,1-6H3,(H3,40,41). The van der Waals surface area contributed by atoms with E-state index in [9.17, 15) is 9.59 Å². The summed E-state index contributed by atoms with van der Waals surface area (Å²) in [5.41, 5.74) is 9.63. The van der Waals surface area contributed by atoms with E-state index in [0.717, 1.165) is 62.5 Å². The highest BCUT2D eigenvalue weighted by molar-refractivity contribution is 6.46. The van der Waals surface area contributed by atoms with Crippen molar-refractivity contribution in [3.8, 4) is 0 Å². The molecule has 6 heteroatoms. The van der Waals surface area contributed by atoms with Crippen molar-refractivity contribution < 1.29 is 9.59 Å². The molecule has 1 amide bonds. The molecule has 244 valence electrons. The van der Waals surface area contributed by atoms with Gasteiger partial charge in [-0.05, 0) is 79.9 Å². The maximum atomic E-state index is 14.7. The highest BCUT2D eigenvalue weighted by Gasteiger charge is 2.50. The van der Waals surface area contributed by atoms with Crippen LogP contribution in [0, 0.1) is 16.7 Å². The number of amidine groups is 1. The highest BCUT2D eigenvalue weighted by Crippen LogP contribution is 2.45. The molecule has 3 atom stereocenters. The number of aliphatic imine (C=N–C) groups is 1. The van der Waals surface area contributed by atoms with Gasteiger partial charge in [-0.3, -0.25) is 20.0 Å². The fourth-order valence-corrected chi connectivity index (χ4v) is 6.77. The maximum Gasteiger partial charge on any atom is 0.275 e. The lowest BCUT2D eigenvalue weighted by Gasteiger charge is -2.43. The number of hydrogen-bond donors (Lipinski definition) is 2. The molecule has 1 saturated carbocycles. The number of rotatable bonds is 17. The Kier molecular flexibility index (Phi) is 11.4. The normalized spacial score (nSPS) is 19.8. The fraction of sp³-hybridized carbons (Fsp3) is 0.590. The topological polar surface area (TPSA) is 99.6 Å². The van der Waals surface area contributed by atoms with Gasteiger partial charge in [0.2, 0.25) is 0 Å². The van der Waals surface area contributed by atoms with Crippen molar-refractivity contribution in [2.24, 2.45) is 22.1 Å². The van der Waals surface area contributed by atoms with E-state index >= 15 is 0 Å². The van der Waals surface area contributed by atoms with Crippen LogP contribution in [-0.4, -0.2) is 33.8 Å². The minimum absolute atomic E-state index is 0.0330. The van der Waals surface area contributed by atoms with Crippen molar-refractivity contribution in [3.63, 3.8) is 0 Å². The monoisotopic (exact) mass is 612 g/mol. The summed E-state index contributed by atoms with van der Waals surface area (Å²) >= 11 is 0. The van der Waals surface area contributed by atoms with Crippen LogP contribution in [0.1, 0.15) is 158 Å². The predicted molar refractivity (Wildman–Crippen MR) is 186 cm³/mol. The first kappa shape index (κ1) is 34.6. The SMILES string of the molecule is CCCCC(c1ccc(C(=O)C(C)CCCC(=N)N)cc1)N1C(=O)C(c2cccc(C3CC3)c2)=NC1(CCC)CCC(C)(C)C. The Bertz CT molecular complexity index is 1370. The summed E-state index contributed by atoms with van der Waals surface area (Å²) in [6, 6.07) is 16.4. The van der Waals surface area contributed by atoms with E-state index in [-0.39, 0.29) is 34.9 Å². The van der Waals surface area contributed by atoms with Gasteiger partial charge in [0.15, 0.2) is 5.78 Å². The Hall–Kier alpha value is -3.28. The summed E-state index contributed by atoms with van der Waals surface area (Å²) in [5, 5.41) is 7.46. The summed E-state index contributed by atoms with van der Waals surface area (Å²) in [6.07, 6.45) is 10.8. The molecule has 45 heavy (non-hydrogen) atoms. The van der Waals surface area contributed by atoms with Gasteiger partial charge in [0.05, 0.1) is 11.9 Å². The summed E-state index contributed by atoms with van der Waals surface area (Å²) < 4.78 is 0. The van der Waals surface area contributed by atoms with Gasteiger partial charge in [0.25, 0.3) is 5.91 Å². The minimum Gasteiger partial charge on any atom is -0.388 e. The fourth-order valence-electron chi connectivity index (χ4n) is 6.77. The number of amides is 1. The molecular formula is C39H56N4O2. The van der Waals surface area contributed by atoms with Gasteiger partial charge < -0.3 is 10.6 Å². The average molecular weight is 613 g/mol. The molecule has 0 radical (unpaired) electrons. The molecule has 3 unspecified atom stereocenters. The van der Waals surface area contributed by atoms with E-state index in [4.69, 9.17) is 16.1 Å². The first-order valence-corrected chi connectivity index (χ1v) is 17.4. The molecule has 0 saturated heterocycles. The molecule has 6 nitrogen and oxygen atoms in total. The molecule has 1 aliphatic heterocycles. The Labute approximate surface area is 271 Å². The van der Waals surface area contributed by atoms with Crippen molar-refractivity contribution in [2.75, 3.05) is 0 Å². The van der Waals surface area contributed by atoms with Crippen LogP contribution < -0.4 is 5.73 Å². The van der Waals surface area contributed by atoms with Gasteiger partial charge in [-0.2, -0.15) is 0 Å². The Morgan fingerprint density at radius 1 is 1.04 bits per heavy atom. The number of ketones is 1. The Balaban J connectivity index is 1.71. The number of nitrogens with two attached hydrogens (primary N) is 1. The molecule has 1 heterocycles. The van der Waals surface area contributed by atoms with Gasteiger partial charge in [0.1, 0.15) is 11.4 Å². The smallest absolute Gasteiger partial charge is 0.275 e. The van der Waals surface area contributed by atoms with Crippen LogP contribution in [0.25, 0.3) is 0 Å². The van der Waals surface area contributed by atoms with E-state index in [1.807, 2.05) is 19.1 Å². The lowest BCUT2D eigenvalue weighted by molar-refractivity contribution is -0.132. The van der Waals surface area contributed by atoms with Gasteiger partial charge in [-0.25, -0.2) is 0 Å². The predicted octanol–water partition coefficient (Wildman–Crippen LogP) is 9.37. The molecule has 2 aliphatic rings. The molecule has 2 aromatic carbocycles. The second-order valence-electron chi connectivity index (χ2n) is 14.8. The maximum absolute atomic E-state index is 14.7. The molecule has 0 aromatic heterocycles. The van der Waals surface area contributed by atoms with Gasteiger partial charge in [-0.15, -0.1) is 0 Å². The largest absolute Gasteiger partial charge is 0.388 e. The van der Waals surface area contributed by atoms with Crippen LogP contribution in [0.5, 0.6) is 0 Å². The van der Waals surface area contributed by atoms with Crippen LogP contribution >= 0.6 is 0 Å². The van der Waals surface area contributed by atoms with Crippen molar-refractivity contribution in [1.29, 1.82) is 5.41 Å². The highest BCUT2D eigenvalue weighted by atomic mass is 16.2. The Morgan fingerprint density at radius 3 is 2.36 bits per heavy atom. The second kappa shape index (κ2) is 14.9. The number of nitrogens with one attached hydrogen (secondary N) is 1. The quantitative estimate of drug-likeness (QED) is 0.106. The van der Waals surface area contributed by atoms with Crippen LogP contribution in [-0.2, 0) is 4.79 Å². The molecule has 0 bridgehead atoms. The van der Waals surface area contributed by atoms with Crippen LogP contribution in [0.4, 0.5) is 0 Å². The van der Waals surface area contributed by atoms with E-state index in [0.29, 0.717) is 30.0 Å². The van der Waals surface area contributed by atoms with Crippen molar-refractivity contribution in [2.45, 2.75) is 136 Å². The van der Waals surface area contributed by atoms with Gasteiger partial charge in [0, 0.05) is 23.5 Å². The second-order valence-corrected chi connectivity index (χ2v) is 14.8. The molecular weight excluding hydrogens is 556 g/mol. The third-order valence-electron chi connectivity index (χ3n) is 9.58. The number of nitrogens with zero attached hydrogens (tertiary/aromatic N) is 2. The summed E-state index contributed by atoms with van der Waals surface area (Å²) in [6.45, 7) is 13.1. The van der Waals surface area contributed by atoms with E-state index in [1.165, 1.54) is 18.4 Å². The average Bonchev–Trinajstić information content (AvgIpc) is 3.82. The summed E-state index contributed by atoms with van der Waals surface area (Å²) in [7, 11) is 0. The number of carbonyl (C=O) groups is 2. The van der Waals surface area contributed by atoms with Crippen molar-refractivity contribution in [3.05, 3.63) is 70.8 Å². The third-order valence-corrected chi connectivity index (χ3v) is 9.58. The van der Waals surface area contributed by atoms with E-state index in [1.54, 1.807) is 0 Å².